The van der Waals surface area contributed by atoms with Crippen molar-refractivity contribution >= 4 is 35.6 Å². The third-order valence-electron chi connectivity index (χ3n) is 2.86. The van der Waals surface area contributed by atoms with E-state index in [0.717, 1.165) is 5.56 Å². The number of methoxy groups -OCH3 is 1. The normalized spacial score (nSPS) is 11.6. The van der Waals surface area contributed by atoms with Crippen molar-refractivity contribution in [1.82, 2.24) is 4.98 Å². The second-order valence-electron chi connectivity index (χ2n) is 4.35. The van der Waals surface area contributed by atoms with Gasteiger partial charge in [-0.05, 0) is 23.8 Å². The first kappa shape index (κ1) is 17.3. The van der Waals surface area contributed by atoms with Crippen molar-refractivity contribution in [3.8, 4) is 5.88 Å². The summed E-state index contributed by atoms with van der Waals surface area (Å²) in [6, 6.07) is 7.57. The highest BCUT2D eigenvalue weighted by Gasteiger charge is 2.18. The first-order chi connectivity index (χ1) is 11.1. The molecule has 1 N–H and O–H groups in total. The molecule has 1 amide bonds. The highest BCUT2D eigenvalue weighted by Crippen LogP contribution is 2.26. The van der Waals surface area contributed by atoms with Crippen LogP contribution in [0.15, 0.2) is 46.6 Å². The molecular formula is C14H13N3O4S2. The smallest absolute Gasteiger partial charge is 0.316 e. The van der Waals surface area contributed by atoms with Crippen LogP contribution in [0, 0.1) is 4.91 Å². The van der Waals surface area contributed by atoms with Gasteiger partial charge in [0.25, 0.3) is 0 Å². The standard InChI is InChI=1S/C14H13N3O4S2/c1-21-14-12(5-9(8-22)7-15-14)17-23(20)11-4-2-3-10(6-11)13(18)16-19/h2-7,17,22H,8H2,1H3. The number of hydrogen-bond donors (Lipinski definition) is 2. The molecule has 1 aromatic heterocycles. The number of nitrogens with one attached hydrogen (secondary N) is 1. The zero-order valence-corrected chi connectivity index (χ0v) is 13.8. The van der Waals surface area contributed by atoms with E-state index in [1.807, 2.05) is 0 Å². The SMILES string of the molecule is COc1ncc(CS)cc1N[S+]([O-])c1cccc(C(=O)N=O)c1. The minimum Gasteiger partial charge on any atom is -0.588 e. The molecule has 1 heterocycles. The number of ether oxygens (including phenoxy) is 1. The summed E-state index contributed by atoms with van der Waals surface area (Å²) in [5, 5.41) is 2.35. The van der Waals surface area contributed by atoms with E-state index < -0.39 is 17.3 Å². The maximum Gasteiger partial charge on any atom is 0.316 e. The number of rotatable bonds is 6. The summed E-state index contributed by atoms with van der Waals surface area (Å²) in [6.45, 7) is 0. The van der Waals surface area contributed by atoms with E-state index >= 15 is 0 Å². The highest BCUT2D eigenvalue weighted by atomic mass is 32.2. The quantitative estimate of drug-likeness (QED) is 0.471. The van der Waals surface area contributed by atoms with Gasteiger partial charge in [0.15, 0.2) is 4.90 Å². The monoisotopic (exact) mass is 351 g/mol. The van der Waals surface area contributed by atoms with Crippen LogP contribution in [0.4, 0.5) is 5.69 Å². The van der Waals surface area contributed by atoms with Gasteiger partial charge < -0.3 is 9.29 Å². The van der Waals surface area contributed by atoms with Crippen LogP contribution in [0.2, 0.25) is 0 Å². The molecule has 0 aliphatic heterocycles. The number of aromatic nitrogens is 1. The second kappa shape index (κ2) is 7.95. The Morgan fingerprint density at radius 2 is 2.26 bits per heavy atom. The largest absolute Gasteiger partial charge is 0.588 e. The van der Waals surface area contributed by atoms with Crippen LogP contribution in [0.25, 0.3) is 0 Å². The minimum absolute atomic E-state index is 0.0712. The van der Waals surface area contributed by atoms with Gasteiger partial charge in [0, 0.05) is 23.2 Å². The molecule has 0 fully saturated rings. The summed E-state index contributed by atoms with van der Waals surface area (Å²) in [4.78, 5) is 26.0. The predicted octanol–water partition coefficient (Wildman–Crippen LogP) is 2.56. The van der Waals surface area contributed by atoms with Gasteiger partial charge in [-0.25, -0.2) is 4.98 Å². The summed E-state index contributed by atoms with van der Waals surface area (Å²) < 4.78 is 20.3. The summed E-state index contributed by atoms with van der Waals surface area (Å²) >= 11 is 2.49. The summed E-state index contributed by atoms with van der Waals surface area (Å²) in [7, 11) is 1.45. The lowest BCUT2D eigenvalue weighted by atomic mass is 10.2. The first-order valence-electron chi connectivity index (χ1n) is 6.39. The van der Waals surface area contributed by atoms with E-state index in [2.05, 4.69) is 27.5 Å². The Labute approximate surface area is 141 Å². The number of pyridine rings is 1. The van der Waals surface area contributed by atoms with Crippen LogP contribution >= 0.6 is 12.6 Å². The van der Waals surface area contributed by atoms with Gasteiger partial charge in [-0.15, -0.1) is 4.91 Å². The maximum atomic E-state index is 12.4. The van der Waals surface area contributed by atoms with E-state index in [1.54, 1.807) is 18.3 Å². The van der Waals surface area contributed by atoms with Crippen LogP contribution in [0.1, 0.15) is 15.9 Å². The molecule has 1 atom stereocenters. The molecule has 2 aromatic rings. The number of nitroso groups, excluding NO2 is 1. The number of benzene rings is 1. The van der Waals surface area contributed by atoms with Gasteiger partial charge in [0.2, 0.25) is 5.88 Å². The number of thiol groups is 1. The molecule has 0 aliphatic rings. The molecule has 0 bridgehead atoms. The van der Waals surface area contributed by atoms with Crippen molar-refractivity contribution in [2.45, 2.75) is 10.6 Å². The van der Waals surface area contributed by atoms with Gasteiger partial charge in [0.05, 0.1) is 12.7 Å². The zero-order chi connectivity index (χ0) is 16.8. The Morgan fingerprint density at radius 1 is 1.48 bits per heavy atom. The third kappa shape index (κ3) is 4.21. The van der Waals surface area contributed by atoms with Crippen LogP contribution in [-0.4, -0.2) is 22.6 Å². The molecule has 1 unspecified atom stereocenters. The molecule has 0 saturated carbocycles. The van der Waals surface area contributed by atoms with Crippen molar-refractivity contribution in [1.29, 1.82) is 0 Å². The van der Waals surface area contributed by atoms with E-state index in [9.17, 15) is 14.3 Å². The number of hydrogen-bond acceptors (Lipinski definition) is 7. The molecule has 0 radical (unpaired) electrons. The average Bonchev–Trinajstić information content (AvgIpc) is 2.60. The highest BCUT2D eigenvalue weighted by molar-refractivity contribution is 7.92. The fraction of sp³-hybridized carbons (Fsp3) is 0.143. The lowest BCUT2D eigenvalue weighted by Crippen LogP contribution is -2.15. The first-order valence-corrected chi connectivity index (χ1v) is 8.17. The lowest BCUT2D eigenvalue weighted by molar-refractivity contribution is 0.100. The van der Waals surface area contributed by atoms with E-state index in [-0.39, 0.29) is 11.4 Å². The Balaban J connectivity index is 2.26. The predicted molar refractivity (Wildman–Crippen MR) is 90.1 cm³/mol. The van der Waals surface area contributed by atoms with Crippen molar-refractivity contribution in [2.75, 3.05) is 11.8 Å². The van der Waals surface area contributed by atoms with Crippen LogP contribution in [0.5, 0.6) is 5.88 Å². The van der Waals surface area contributed by atoms with Crippen molar-refractivity contribution < 1.29 is 14.1 Å². The molecule has 7 nitrogen and oxygen atoms in total. The van der Waals surface area contributed by atoms with E-state index in [0.29, 0.717) is 16.3 Å². The van der Waals surface area contributed by atoms with Gasteiger partial charge in [-0.1, -0.05) is 6.07 Å². The summed E-state index contributed by atoms with van der Waals surface area (Å²) in [5.41, 5.74) is 1.33. The fourth-order valence-corrected chi connectivity index (χ4v) is 2.85. The number of anilines is 1. The van der Waals surface area contributed by atoms with E-state index in [4.69, 9.17) is 4.74 Å². The Morgan fingerprint density at radius 3 is 2.91 bits per heavy atom. The summed E-state index contributed by atoms with van der Waals surface area (Å²) in [6.07, 6.45) is 1.61. The third-order valence-corrected chi connectivity index (χ3v) is 4.32. The Kier molecular flexibility index (Phi) is 5.97. The molecule has 1 aromatic carbocycles. The minimum atomic E-state index is -1.68. The van der Waals surface area contributed by atoms with Crippen LogP contribution in [-0.2, 0) is 17.1 Å². The number of amides is 1. The number of carbonyl (C=O) groups is 1. The summed E-state index contributed by atoms with van der Waals surface area (Å²) in [5.74, 6) is -0.168. The second-order valence-corrected chi connectivity index (χ2v) is 5.88. The van der Waals surface area contributed by atoms with Crippen LogP contribution in [0.3, 0.4) is 0 Å². The number of nitrogens with zero attached hydrogens (tertiary/aromatic N) is 2. The fourth-order valence-electron chi connectivity index (χ4n) is 1.77. The van der Waals surface area contributed by atoms with Gasteiger partial charge in [-0.2, -0.15) is 17.4 Å². The average molecular weight is 351 g/mol. The van der Waals surface area contributed by atoms with Gasteiger partial charge in [-0.3, -0.25) is 4.79 Å². The Hall–Kier alpha value is -2.10. The van der Waals surface area contributed by atoms with Crippen molar-refractivity contribution in [3.05, 3.63) is 52.6 Å². The molecule has 0 aliphatic carbocycles. The molecule has 23 heavy (non-hydrogen) atoms. The molecule has 9 heteroatoms. The Bertz CT molecular complexity index is 727. The van der Waals surface area contributed by atoms with Crippen LogP contribution < -0.4 is 9.46 Å². The van der Waals surface area contributed by atoms with Gasteiger partial charge in [0.1, 0.15) is 17.0 Å². The molecule has 0 spiro atoms. The number of carbonyl (C=O) groups excluding carboxylic acids is 1. The molecule has 120 valence electrons. The topological polar surface area (TPSA) is 104 Å². The molecular weight excluding hydrogens is 338 g/mol. The lowest BCUT2D eigenvalue weighted by Gasteiger charge is -2.14. The molecule has 2 rings (SSSR count). The van der Waals surface area contributed by atoms with E-state index in [1.165, 1.54) is 25.3 Å². The van der Waals surface area contributed by atoms with Gasteiger partial charge >= 0.3 is 5.91 Å². The maximum absolute atomic E-state index is 12.4. The van der Waals surface area contributed by atoms with Crippen molar-refractivity contribution in [3.63, 3.8) is 0 Å². The molecule has 0 saturated heterocycles. The zero-order valence-electron chi connectivity index (χ0n) is 12.1. The van der Waals surface area contributed by atoms with Crippen molar-refractivity contribution in [2.24, 2.45) is 5.18 Å².